The summed E-state index contributed by atoms with van der Waals surface area (Å²) in [5.41, 5.74) is 3.86. The number of aryl methyl sites for hydroxylation is 1. The molecule has 0 radical (unpaired) electrons. The lowest BCUT2D eigenvalue weighted by Crippen LogP contribution is -2.27. The molecule has 9 heteroatoms. The molecule has 4 heterocycles. The van der Waals surface area contributed by atoms with Gasteiger partial charge >= 0.3 is 0 Å². The van der Waals surface area contributed by atoms with Gasteiger partial charge in [0.1, 0.15) is 22.4 Å². The SMILES string of the molecule is CCC(Nc1ncnc2nc[nH]c12)c1nc2ccsc2c(=O)n1-c1ccc(C)cc1. The van der Waals surface area contributed by atoms with E-state index in [0.717, 1.165) is 16.8 Å². The Morgan fingerprint density at radius 2 is 2.00 bits per heavy atom. The number of anilines is 1. The van der Waals surface area contributed by atoms with Crippen molar-refractivity contribution in [3.05, 3.63) is 70.1 Å². The van der Waals surface area contributed by atoms with Gasteiger partial charge in [0.15, 0.2) is 11.5 Å². The molecule has 0 aliphatic rings. The highest BCUT2D eigenvalue weighted by atomic mass is 32.1. The summed E-state index contributed by atoms with van der Waals surface area (Å²) in [7, 11) is 0. The summed E-state index contributed by atoms with van der Waals surface area (Å²) < 4.78 is 2.34. The fourth-order valence-electron chi connectivity index (χ4n) is 3.50. The minimum absolute atomic E-state index is 0.0662. The number of imidazole rings is 1. The average molecular weight is 417 g/mol. The summed E-state index contributed by atoms with van der Waals surface area (Å²) in [6.45, 7) is 4.07. The van der Waals surface area contributed by atoms with Crippen molar-refractivity contribution in [1.29, 1.82) is 0 Å². The van der Waals surface area contributed by atoms with Crippen LogP contribution < -0.4 is 10.9 Å². The Bertz CT molecular complexity index is 1400. The molecule has 0 spiro atoms. The van der Waals surface area contributed by atoms with Crippen LogP contribution in [0, 0.1) is 6.92 Å². The van der Waals surface area contributed by atoms with E-state index < -0.39 is 0 Å². The molecule has 0 aliphatic heterocycles. The summed E-state index contributed by atoms with van der Waals surface area (Å²) in [6.07, 6.45) is 3.76. The lowest BCUT2D eigenvalue weighted by Gasteiger charge is -2.21. The minimum atomic E-state index is -0.246. The Kier molecular flexibility index (Phi) is 4.51. The second kappa shape index (κ2) is 7.34. The van der Waals surface area contributed by atoms with Crippen LogP contribution in [0.1, 0.15) is 30.8 Å². The molecule has 5 aromatic rings. The fraction of sp³-hybridized carbons (Fsp3) is 0.190. The van der Waals surface area contributed by atoms with E-state index in [0.29, 0.717) is 33.9 Å². The molecule has 1 unspecified atom stereocenters. The van der Waals surface area contributed by atoms with Gasteiger partial charge in [-0.05, 0) is 36.9 Å². The lowest BCUT2D eigenvalue weighted by molar-refractivity contribution is 0.659. The Morgan fingerprint density at radius 1 is 1.17 bits per heavy atom. The molecule has 8 nitrogen and oxygen atoms in total. The van der Waals surface area contributed by atoms with Crippen LogP contribution >= 0.6 is 11.3 Å². The maximum absolute atomic E-state index is 13.4. The quantitative estimate of drug-likeness (QED) is 0.448. The molecule has 2 N–H and O–H groups in total. The summed E-state index contributed by atoms with van der Waals surface area (Å²) in [6, 6.07) is 9.53. The third-order valence-corrected chi connectivity index (χ3v) is 5.94. The molecule has 0 bridgehead atoms. The van der Waals surface area contributed by atoms with Crippen LogP contribution in [0.2, 0.25) is 0 Å². The fourth-order valence-corrected chi connectivity index (χ4v) is 4.25. The zero-order valence-corrected chi connectivity index (χ0v) is 17.3. The van der Waals surface area contributed by atoms with Gasteiger partial charge in [0, 0.05) is 0 Å². The lowest BCUT2D eigenvalue weighted by atomic mass is 10.1. The first-order chi connectivity index (χ1) is 14.7. The number of nitrogens with zero attached hydrogens (tertiary/aromatic N) is 5. The van der Waals surface area contributed by atoms with Gasteiger partial charge in [0.25, 0.3) is 5.56 Å². The third kappa shape index (κ3) is 3.03. The van der Waals surface area contributed by atoms with Gasteiger partial charge < -0.3 is 10.3 Å². The monoisotopic (exact) mass is 417 g/mol. The molecule has 0 saturated carbocycles. The molecule has 150 valence electrons. The van der Waals surface area contributed by atoms with Crippen molar-refractivity contribution < 1.29 is 0 Å². The van der Waals surface area contributed by atoms with Gasteiger partial charge in [-0.3, -0.25) is 9.36 Å². The van der Waals surface area contributed by atoms with Crippen molar-refractivity contribution in [2.75, 3.05) is 5.32 Å². The van der Waals surface area contributed by atoms with Gasteiger partial charge in [0.05, 0.1) is 23.6 Å². The van der Waals surface area contributed by atoms with Crippen LogP contribution in [-0.2, 0) is 0 Å². The second-order valence-corrected chi connectivity index (χ2v) is 7.93. The van der Waals surface area contributed by atoms with E-state index in [9.17, 15) is 4.79 Å². The van der Waals surface area contributed by atoms with Crippen molar-refractivity contribution in [2.45, 2.75) is 26.3 Å². The number of H-pyrrole nitrogens is 1. The van der Waals surface area contributed by atoms with E-state index in [4.69, 9.17) is 4.98 Å². The van der Waals surface area contributed by atoms with Crippen LogP contribution in [0.5, 0.6) is 0 Å². The zero-order chi connectivity index (χ0) is 20.7. The van der Waals surface area contributed by atoms with Crippen molar-refractivity contribution in [1.82, 2.24) is 29.5 Å². The highest BCUT2D eigenvalue weighted by Crippen LogP contribution is 2.27. The first-order valence-corrected chi connectivity index (χ1v) is 10.5. The number of aromatic amines is 1. The molecule has 5 rings (SSSR count). The first kappa shape index (κ1) is 18.4. The van der Waals surface area contributed by atoms with Gasteiger partial charge in [-0.15, -0.1) is 11.3 Å². The molecule has 0 amide bonds. The number of aromatic nitrogens is 6. The minimum Gasteiger partial charge on any atom is -0.358 e. The van der Waals surface area contributed by atoms with Crippen molar-refractivity contribution in [3.63, 3.8) is 0 Å². The van der Waals surface area contributed by atoms with Crippen LogP contribution in [-0.4, -0.2) is 29.5 Å². The predicted molar refractivity (Wildman–Crippen MR) is 118 cm³/mol. The largest absolute Gasteiger partial charge is 0.358 e. The maximum atomic E-state index is 13.4. The third-order valence-electron chi connectivity index (χ3n) is 5.05. The number of hydrogen-bond acceptors (Lipinski definition) is 7. The molecule has 4 aromatic heterocycles. The van der Waals surface area contributed by atoms with Crippen LogP contribution in [0.4, 0.5) is 5.82 Å². The summed E-state index contributed by atoms with van der Waals surface area (Å²) in [4.78, 5) is 34.1. The van der Waals surface area contributed by atoms with E-state index in [1.165, 1.54) is 17.7 Å². The summed E-state index contributed by atoms with van der Waals surface area (Å²) in [5, 5.41) is 5.34. The number of hydrogen-bond donors (Lipinski definition) is 2. The van der Waals surface area contributed by atoms with E-state index >= 15 is 0 Å². The maximum Gasteiger partial charge on any atom is 0.276 e. The summed E-state index contributed by atoms with van der Waals surface area (Å²) >= 11 is 1.41. The highest BCUT2D eigenvalue weighted by Gasteiger charge is 2.22. The van der Waals surface area contributed by atoms with Gasteiger partial charge in [0.2, 0.25) is 0 Å². The highest BCUT2D eigenvalue weighted by molar-refractivity contribution is 7.17. The van der Waals surface area contributed by atoms with Crippen LogP contribution in [0.3, 0.4) is 0 Å². The van der Waals surface area contributed by atoms with Crippen LogP contribution in [0.25, 0.3) is 27.1 Å². The van der Waals surface area contributed by atoms with E-state index in [1.807, 2.05) is 49.6 Å². The smallest absolute Gasteiger partial charge is 0.276 e. The molecule has 30 heavy (non-hydrogen) atoms. The van der Waals surface area contributed by atoms with Crippen LogP contribution in [0.15, 0.2) is 53.2 Å². The van der Waals surface area contributed by atoms with Crippen molar-refractivity contribution >= 4 is 38.5 Å². The molecule has 1 atom stereocenters. The normalized spacial score (nSPS) is 12.5. The number of thiophene rings is 1. The van der Waals surface area contributed by atoms with Gasteiger partial charge in [-0.2, -0.15) is 0 Å². The van der Waals surface area contributed by atoms with Crippen molar-refractivity contribution in [3.8, 4) is 5.69 Å². The van der Waals surface area contributed by atoms with Crippen molar-refractivity contribution in [2.24, 2.45) is 0 Å². The molecule has 0 aliphatic carbocycles. The Labute approximate surface area is 175 Å². The number of rotatable bonds is 5. The first-order valence-electron chi connectivity index (χ1n) is 9.63. The Morgan fingerprint density at radius 3 is 2.80 bits per heavy atom. The average Bonchev–Trinajstić information content (AvgIpc) is 3.42. The summed E-state index contributed by atoms with van der Waals surface area (Å²) in [5.74, 6) is 1.27. The standard InChI is InChI=1S/C21H19N7OS/c1-3-14(26-19-16-18(23-10-22-16)24-11-25-19)20-27-15-8-9-30-17(15)21(29)28(20)13-6-4-12(2)5-7-13/h4-11,14H,3H2,1-2H3,(H2,22,23,24,25,26). The number of benzene rings is 1. The Hall–Kier alpha value is -3.59. The predicted octanol–water partition coefficient (Wildman–Crippen LogP) is 3.99. The Balaban J connectivity index is 1.69. The molecule has 0 saturated heterocycles. The number of fused-ring (bicyclic) bond motifs is 2. The van der Waals surface area contributed by atoms with E-state index in [2.05, 4.69) is 25.3 Å². The number of nitrogens with one attached hydrogen (secondary N) is 2. The molecular weight excluding hydrogens is 398 g/mol. The van der Waals surface area contributed by atoms with Gasteiger partial charge in [-0.25, -0.2) is 19.9 Å². The molecular formula is C21H19N7OS. The second-order valence-electron chi connectivity index (χ2n) is 7.01. The molecule has 0 fully saturated rings. The zero-order valence-electron chi connectivity index (χ0n) is 16.5. The molecule has 1 aromatic carbocycles. The van der Waals surface area contributed by atoms with Gasteiger partial charge in [-0.1, -0.05) is 24.6 Å². The van der Waals surface area contributed by atoms with E-state index in [1.54, 1.807) is 10.9 Å². The van der Waals surface area contributed by atoms with E-state index in [-0.39, 0.29) is 11.6 Å². The topological polar surface area (TPSA) is 101 Å².